The van der Waals surface area contributed by atoms with E-state index < -0.39 is 0 Å². The second-order valence-electron chi connectivity index (χ2n) is 2.66. The van der Waals surface area contributed by atoms with E-state index >= 15 is 0 Å². The topological polar surface area (TPSA) is 38.9 Å². The molecule has 0 unspecified atom stereocenters. The van der Waals surface area contributed by atoms with Crippen LogP contribution in [0.25, 0.3) is 0 Å². The van der Waals surface area contributed by atoms with Crippen molar-refractivity contribution in [3.05, 3.63) is 16.1 Å². The molecule has 1 aliphatic rings. The number of thiazole rings is 1. The lowest BCUT2D eigenvalue weighted by Gasteiger charge is -1.85. The molecule has 1 saturated carbocycles. The van der Waals surface area contributed by atoms with Crippen molar-refractivity contribution in [3.63, 3.8) is 0 Å². The molecule has 0 aliphatic heterocycles. The zero-order valence-corrected chi connectivity index (χ0v) is 8.97. The first-order valence-corrected chi connectivity index (χ1v) is 4.42. The average Bonchev–Trinajstić information content (AvgIpc) is 2.70. The van der Waals surface area contributed by atoms with Gasteiger partial charge in [-0.25, -0.2) is 4.98 Å². The van der Waals surface area contributed by atoms with Crippen LogP contribution < -0.4 is 5.73 Å². The molecule has 0 spiro atoms. The summed E-state index contributed by atoms with van der Waals surface area (Å²) in [5.41, 5.74) is 6.48. The predicted octanol–water partition coefficient (Wildman–Crippen LogP) is 2.32. The van der Waals surface area contributed by atoms with Crippen molar-refractivity contribution in [1.29, 1.82) is 0 Å². The van der Waals surface area contributed by atoms with Gasteiger partial charge in [0.2, 0.25) is 0 Å². The largest absolute Gasteiger partial charge is 0.325 e. The van der Waals surface area contributed by atoms with Crippen LogP contribution in [0.3, 0.4) is 0 Å². The summed E-state index contributed by atoms with van der Waals surface area (Å²) >= 11 is 1.75. The van der Waals surface area contributed by atoms with Crippen molar-refractivity contribution in [3.8, 4) is 0 Å². The fourth-order valence-corrected chi connectivity index (χ4v) is 1.94. The molecule has 1 aromatic heterocycles. The van der Waals surface area contributed by atoms with Gasteiger partial charge in [0.15, 0.2) is 0 Å². The van der Waals surface area contributed by atoms with E-state index in [9.17, 15) is 0 Å². The van der Waals surface area contributed by atoms with E-state index in [1.165, 1.54) is 17.8 Å². The standard InChI is InChI=1S/C7H10N2S.2ClH/c8-3-6-4-10-7(9-6)5-1-2-5;;/h4-5H,1-3,8H2;2*1H. The lowest BCUT2D eigenvalue weighted by Crippen LogP contribution is -1.95. The summed E-state index contributed by atoms with van der Waals surface area (Å²) in [5.74, 6) is 0.783. The third-order valence-corrected chi connectivity index (χ3v) is 2.76. The van der Waals surface area contributed by atoms with Crippen LogP contribution in [-0.2, 0) is 6.54 Å². The molecule has 70 valence electrons. The molecule has 0 saturated heterocycles. The highest BCUT2D eigenvalue weighted by Gasteiger charge is 2.26. The van der Waals surface area contributed by atoms with Crippen molar-refractivity contribution in [2.45, 2.75) is 25.3 Å². The van der Waals surface area contributed by atoms with Gasteiger partial charge < -0.3 is 5.73 Å². The van der Waals surface area contributed by atoms with Gasteiger partial charge in [0, 0.05) is 17.8 Å². The molecule has 1 fully saturated rings. The van der Waals surface area contributed by atoms with Gasteiger partial charge in [0.05, 0.1) is 10.7 Å². The Labute approximate surface area is 88.4 Å². The fraction of sp³-hybridized carbons (Fsp3) is 0.571. The first-order chi connectivity index (χ1) is 4.90. The summed E-state index contributed by atoms with van der Waals surface area (Å²) in [6.45, 7) is 0.587. The maximum absolute atomic E-state index is 5.43. The molecule has 1 aliphatic carbocycles. The zero-order chi connectivity index (χ0) is 6.97. The van der Waals surface area contributed by atoms with E-state index in [2.05, 4.69) is 10.4 Å². The number of rotatable bonds is 2. The Kier molecular flexibility index (Phi) is 5.09. The zero-order valence-electron chi connectivity index (χ0n) is 6.53. The Morgan fingerprint density at radius 3 is 2.58 bits per heavy atom. The highest BCUT2D eigenvalue weighted by atomic mass is 35.5. The van der Waals surface area contributed by atoms with Crippen LogP contribution in [0.15, 0.2) is 5.38 Å². The summed E-state index contributed by atoms with van der Waals surface area (Å²) in [5, 5.41) is 3.36. The summed E-state index contributed by atoms with van der Waals surface area (Å²) in [6.07, 6.45) is 2.66. The van der Waals surface area contributed by atoms with Crippen molar-refractivity contribution in [1.82, 2.24) is 4.98 Å². The van der Waals surface area contributed by atoms with Gasteiger partial charge in [-0.2, -0.15) is 0 Å². The van der Waals surface area contributed by atoms with Gasteiger partial charge in [0.1, 0.15) is 0 Å². The molecule has 2 nitrogen and oxygen atoms in total. The van der Waals surface area contributed by atoms with Crippen LogP contribution in [0, 0.1) is 0 Å². The Hall–Kier alpha value is 0.170. The smallest absolute Gasteiger partial charge is 0.0959 e. The van der Waals surface area contributed by atoms with Gasteiger partial charge in [-0.15, -0.1) is 36.2 Å². The minimum Gasteiger partial charge on any atom is -0.325 e. The third-order valence-electron chi connectivity index (χ3n) is 1.71. The molecule has 12 heavy (non-hydrogen) atoms. The molecule has 2 rings (SSSR count). The number of halogens is 2. The van der Waals surface area contributed by atoms with Crippen LogP contribution in [0.5, 0.6) is 0 Å². The van der Waals surface area contributed by atoms with Crippen LogP contribution in [0.4, 0.5) is 0 Å². The normalized spacial score (nSPS) is 14.8. The van der Waals surface area contributed by atoms with Crippen LogP contribution >= 0.6 is 36.2 Å². The van der Waals surface area contributed by atoms with Crippen LogP contribution in [0.2, 0.25) is 0 Å². The van der Waals surface area contributed by atoms with E-state index in [0.717, 1.165) is 11.6 Å². The van der Waals surface area contributed by atoms with E-state index in [0.29, 0.717) is 6.54 Å². The molecule has 0 bridgehead atoms. The molecule has 1 aromatic rings. The van der Waals surface area contributed by atoms with Crippen molar-refractivity contribution >= 4 is 36.2 Å². The molecular formula is C7H12Cl2N2S. The quantitative estimate of drug-likeness (QED) is 0.842. The molecular weight excluding hydrogens is 215 g/mol. The number of nitrogens with zero attached hydrogens (tertiary/aromatic N) is 1. The van der Waals surface area contributed by atoms with Gasteiger partial charge in [0.25, 0.3) is 0 Å². The Bertz CT molecular complexity index is 235. The molecule has 0 radical (unpaired) electrons. The number of nitrogens with two attached hydrogens (primary N) is 1. The SMILES string of the molecule is Cl.Cl.NCc1csc(C2CC2)n1. The van der Waals surface area contributed by atoms with E-state index in [1.807, 2.05) is 0 Å². The van der Waals surface area contributed by atoms with Gasteiger partial charge in [-0.05, 0) is 12.8 Å². The first kappa shape index (κ1) is 12.2. The maximum Gasteiger partial charge on any atom is 0.0959 e. The first-order valence-electron chi connectivity index (χ1n) is 3.54. The Balaban J connectivity index is 0.000000605. The van der Waals surface area contributed by atoms with Gasteiger partial charge in [-0.3, -0.25) is 0 Å². The van der Waals surface area contributed by atoms with Gasteiger partial charge in [-0.1, -0.05) is 0 Å². The monoisotopic (exact) mass is 226 g/mol. The summed E-state index contributed by atoms with van der Waals surface area (Å²) in [6, 6.07) is 0. The average molecular weight is 227 g/mol. The Morgan fingerprint density at radius 2 is 2.17 bits per heavy atom. The molecule has 0 aromatic carbocycles. The van der Waals surface area contributed by atoms with Crippen LogP contribution in [0.1, 0.15) is 29.5 Å². The van der Waals surface area contributed by atoms with Crippen LogP contribution in [-0.4, -0.2) is 4.98 Å². The number of aromatic nitrogens is 1. The second-order valence-corrected chi connectivity index (χ2v) is 3.55. The minimum atomic E-state index is 0. The highest BCUT2D eigenvalue weighted by Crippen LogP contribution is 2.41. The lowest BCUT2D eigenvalue weighted by molar-refractivity contribution is 0.968. The molecule has 0 atom stereocenters. The van der Waals surface area contributed by atoms with Gasteiger partial charge >= 0.3 is 0 Å². The van der Waals surface area contributed by atoms with Crippen molar-refractivity contribution in [2.75, 3.05) is 0 Å². The summed E-state index contributed by atoms with van der Waals surface area (Å²) in [4.78, 5) is 4.38. The number of hydrogen-bond acceptors (Lipinski definition) is 3. The molecule has 0 amide bonds. The predicted molar refractivity (Wildman–Crippen MR) is 56.5 cm³/mol. The molecule has 2 N–H and O–H groups in total. The summed E-state index contributed by atoms with van der Waals surface area (Å²) in [7, 11) is 0. The number of hydrogen-bond donors (Lipinski definition) is 1. The van der Waals surface area contributed by atoms with E-state index in [-0.39, 0.29) is 24.8 Å². The fourth-order valence-electron chi connectivity index (χ4n) is 0.934. The molecule has 1 heterocycles. The van der Waals surface area contributed by atoms with Crippen molar-refractivity contribution < 1.29 is 0 Å². The summed E-state index contributed by atoms with van der Waals surface area (Å²) < 4.78 is 0. The molecule has 5 heteroatoms. The third kappa shape index (κ3) is 2.59. The van der Waals surface area contributed by atoms with Crippen molar-refractivity contribution in [2.24, 2.45) is 5.73 Å². The Morgan fingerprint density at radius 1 is 1.50 bits per heavy atom. The van der Waals surface area contributed by atoms with E-state index in [1.54, 1.807) is 11.3 Å². The minimum absolute atomic E-state index is 0. The van der Waals surface area contributed by atoms with E-state index in [4.69, 9.17) is 5.73 Å². The maximum atomic E-state index is 5.43. The lowest BCUT2D eigenvalue weighted by atomic mass is 10.4. The second kappa shape index (κ2) is 5.02. The highest BCUT2D eigenvalue weighted by molar-refractivity contribution is 7.09.